The zero-order valence-electron chi connectivity index (χ0n) is 10.8. The number of β-amino-alcohol motifs (C(OH)–C–C–N with tert-alkyl or cyclic N) is 1. The second kappa shape index (κ2) is 4.93. The standard InChI is InChI=1S/C15H18FNO2/c16-11-4-1-3-10(7-11)13-8-14(13)15(19)17-6-2-5-12(18)9-17/h1,3-4,7,12-14,18H,2,5-6,8-9H2. The molecule has 0 bridgehead atoms. The minimum absolute atomic E-state index is 0.0212. The molecule has 0 radical (unpaired) electrons. The molecule has 0 aromatic heterocycles. The molecule has 3 unspecified atom stereocenters. The lowest BCUT2D eigenvalue weighted by Crippen LogP contribution is -2.43. The number of halogens is 1. The number of rotatable bonds is 2. The fourth-order valence-electron chi connectivity index (χ4n) is 2.96. The highest BCUT2D eigenvalue weighted by atomic mass is 19.1. The summed E-state index contributed by atoms with van der Waals surface area (Å²) in [6.07, 6.45) is 2.06. The van der Waals surface area contributed by atoms with Gasteiger partial charge >= 0.3 is 0 Å². The number of piperidine rings is 1. The fourth-order valence-corrected chi connectivity index (χ4v) is 2.96. The Morgan fingerprint density at radius 1 is 1.42 bits per heavy atom. The minimum atomic E-state index is -0.385. The molecule has 1 aromatic carbocycles. The zero-order chi connectivity index (χ0) is 13.4. The van der Waals surface area contributed by atoms with Gasteiger partial charge < -0.3 is 10.0 Å². The number of likely N-dealkylation sites (tertiary alicyclic amines) is 1. The van der Waals surface area contributed by atoms with Gasteiger partial charge in [0.1, 0.15) is 5.82 Å². The Bertz CT molecular complexity index is 491. The number of hydrogen-bond acceptors (Lipinski definition) is 2. The first-order chi connectivity index (χ1) is 9.15. The van der Waals surface area contributed by atoms with Crippen molar-refractivity contribution in [2.75, 3.05) is 13.1 Å². The molecule has 1 saturated heterocycles. The normalized spacial score (nSPS) is 30.2. The molecule has 3 atom stereocenters. The molecule has 1 aliphatic carbocycles. The molecule has 2 fully saturated rings. The van der Waals surface area contributed by atoms with Crippen LogP contribution in [0.3, 0.4) is 0 Å². The van der Waals surface area contributed by atoms with Crippen LogP contribution in [-0.4, -0.2) is 35.1 Å². The fraction of sp³-hybridized carbons (Fsp3) is 0.533. The van der Waals surface area contributed by atoms with Gasteiger partial charge in [-0.3, -0.25) is 4.79 Å². The van der Waals surface area contributed by atoms with Gasteiger partial charge in [0.15, 0.2) is 0 Å². The molecule has 0 spiro atoms. The summed E-state index contributed by atoms with van der Waals surface area (Å²) in [5.74, 6) is 0.00590. The third-order valence-electron chi connectivity index (χ3n) is 4.09. The van der Waals surface area contributed by atoms with E-state index < -0.39 is 0 Å². The Labute approximate surface area is 112 Å². The van der Waals surface area contributed by atoms with Gasteiger partial charge in [-0.15, -0.1) is 0 Å². The summed E-state index contributed by atoms with van der Waals surface area (Å²) in [5, 5.41) is 9.61. The van der Waals surface area contributed by atoms with E-state index in [1.54, 1.807) is 11.0 Å². The molecule has 1 saturated carbocycles. The van der Waals surface area contributed by atoms with Crippen LogP contribution in [-0.2, 0) is 4.79 Å². The molecule has 1 aliphatic heterocycles. The molecule has 3 rings (SSSR count). The smallest absolute Gasteiger partial charge is 0.226 e. The van der Waals surface area contributed by atoms with E-state index in [4.69, 9.17) is 0 Å². The molecular formula is C15H18FNO2. The molecule has 3 nitrogen and oxygen atoms in total. The van der Waals surface area contributed by atoms with E-state index in [9.17, 15) is 14.3 Å². The lowest BCUT2D eigenvalue weighted by Gasteiger charge is -2.30. The maximum absolute atomic E-state index is 13.2. The van der Waals surface area contributed by atoms with Gasteiger partial charge in [0.2, 0.25) is 5.91 Å². The number of benzene rings is 1. The summed E-state index contributed by atoms with van der Waals surface area (Å²) in [7, 11) is 0. The van der Waals surface area contributed by atoms with Gasteiger partial charge in [0, 0.05) is 19.0 Å². The highest BCUT2D eigenvalue weighted by Crippen LogP contribution is 2.48. The number of nitrogens with zero attached hydrogens (tertiary/aromatic N) is 1. The van der Waals surface area contributed by atoms with Crippen LogP contribution < -0.4 is 0 Å². The monoisotopic (exact) mass is 263 g/mol. The number of carbonyl (C=O) groups excluding carboxylic acids is 1. The van der Waals surface area contributed by atoms with E-state index in [1.165, 1.54) is 12.1 Å². The number of aliphatic hydroxyl groups is 1. The maximum atomic E-state index is 13.2. The first kappa shape index (κ1) is 12.6. The summed E-state index contributed by atoms with van der Waals surface area (Å²) < 4.78 is 13.2. The van der Waals surface area contributed by atoms with E-state index >= 15 is 0 Å². The summed E-state index contributed by atoms with van der Waals surface area (Å²) in [5.41, 5.74) is 0.913. The predicted molar refractivity (Wildman–Crippen MR) is 69.1 cm³/mol. The molecule has 1 amide bonds. The summed E-state index contributed by atoms with van der Waals surface area (Å²) in [6.45, 7) is 1.19. The molecule has 1 heterocycles. The third-order valence-corrected chi connectivity index (χ3v) is 4.09. The Morgan fingerprint density at radius 3 is 3.00 bits per heavy atom. The van der Waals surface area contributed by atoms with Crippen molar-refractivity contribution >= 4 is 5.91 Å². The Morgan fingerprint density at radius 2 is 2.26 bits per heavy atom. The summed E-state index contributed by atoms with van der Waals surface area (Å²) in [4.78, 5) is 14.1. The van der Waals surface area contributed by atoms with Crippen molar-refractivity contribution in [3.63, 3.8) is 0 Å². The van der Waals surface area contributed by atoms with Gasteiger partial charge in [-0.05, 0) is 42.9 Å². The van der Waals surface area contributed by atoms with E-state index in [2.05, 4.69) is 0 Å². The molecule has 102 valence electrons. The lowest BCUT2D eigenvalue weighted by atomic mass is 10.1. The van der Waals surface area contributed by atoms with Crippen LogP contribution in [0.4, 0.5) is 4.39 Å². The van der Waals surface area contributed by atoms with Gasteiger partial charge in [-0.1, -0.05) is 12.1 Å². The van der Waals surface area contributed by atoms with Crippen molar-refractivity contribution < 1.29 is 14.3 Å². The van der Waals surface area contributed by atoms with E-state index in [0.717, 1.165) is 31.4 Å². The number of hydrogen-bond donors (Lipinski definition) is 1. The molecule has 2 aliphatic rings. The van der Waals surface area contributed by atoms with Crippen LogP contribution in [0.5, 0.6) is 0 Å². The molecule has 4 heteroatoms. The van der Waals surface area contributed by atoms with Gasteiger partial charge in [-0.25, -0.2) is 4.39 Å². The second-order valence-electron chi connectivity index (χ2n) is 5.58. The molecule has 1 N–H and O–H groups in total. The van der Waals surface area contributed by atoms with E-state index in [-0.39, 0.29) is 29.7 Å². The van der Waals surface area contributed by atoms with Crippen LogP contribution >= 0.6 is 0 Å². The topological polar surface area (TPSA) is 40.5 Å². The second-order valence-corrected chi connectivity index (χ2v) is 5.58. The van der Waals surface area contributed by atoms with Crippen LogP contribution in [0.25, 0.3) is 0 Å². The predicted octanol–water partition coefficient (Wildman–Crippen LogP) is 1.91. The largest absolute Gasteiger partial charge is 0.391 e. The van der Waals surface area contributed by atoms with Crippen molar-refractivity contribution in [3.05, 3.63) is 35.6 Å². The van der Waals surface area contributed by atoms with Crippen LogP contribution in [0, 0.1) is 11.7 Å². The van der Waals surface area contributed by atoms with Gasteiger partial charge in [0.25, 0.3) is 0 Å². The molecular weight excluding hydrogens is 245 g/mol. The number of aliphatic hydroxyl groups excluding tert-OH is 1. The van der Waals surface area contributed by atoms with Crippen molar-refractivity contribution in [3.8, 4) is 0 Å². The van der Waals surface area contributed by atoms with Crippen LogP contribution in [0.1, 0.15) is 30.7 Å². The zero-order valence-corrected chi connectivity index (χ0v) is 10.8. The quantitative estimate of drug-likeness (QED) is 0.885. The SMILES string of the molecule is O=C(C1CC1c1cccc(F)c1)N1CCCC(O)C1. The third kappa shape index (κ3) is 2.63. The highest BCUT2D eigenvalue weighted by Gasteiger charge is 2.46. The van der Waals surface area contributed by atoms with Crippen LogP contribution in [0.2, 0.25) is 0 Å². The molecule has 1 aromatic rings. The summed E-state index contributed by atoms with van der Waals surface area (Å²) in [6, 6.07) is 6.51. The average molecular weight is 263 g/mol. The molecule has 19 heavy (non-hydrogen) atoms. The van der Waals surface area contributed by atoms with Gasteiger partial charge in [0.05, 0.1) is 6.10 Å². The maximum Gasteiger partial charge on any atom is 0.226 e. The summed E-state index contributed by atoms with van der Waals surface area (Å²) >= 11 is 0. The van der Waals surface area contributed by atoms with Crippen molar-refractivity contribution in [1.29, 1.82) is 0 Å². The first-order valence-electron chi connectivity index (χ1n) is 6.87. The van der Waals surface area contributed by atoms with Crippen molar-refractivity contribution in [1.82, 2.24) is 4.90 Å². The van der Waals surface area contributed by atoms with Gasteiger partial charge in [-0.2, -0.15) is 0 Å². The minimum Gasteiger partial charge on any atom is -0.391 e. The first-order valence-corrected chi connectivity index (χ1v) is 6.87. The lowest BCUT2D eigenvalue weighted by molar-refractivity contribution is -0.135. The highest BCUT2D eigenvalue weighted by molar-refractivity contribution is 5.83. The van der Waals surface area contributed by atoms with Crippen LogP contribution in [0.15, 0.2) is 24.3 Å². The Balaban J connectivity index is 1.64. The Kier molecular flexibility index (Phi) is 3.27. The van der Waals surface area contributed by atoms with E-state index in [1.807, 2.05) is 6.07 Å². The van der Waals surface area contributed by atoms with E-state index in [0.29, 0.717) is 6.54 Å². The average Bonchev–Trinajstić information content (AvgIpc) is 3.18. The Hall–Kier alpha value is -1.42. The number of amides is 1. The van der Waals surface area contributed by atoms with Crippen molar-refractivity contribution in [2.24, 2.45) is 5.92 Å². The van der Waals surface area contributed by atoms with Crippen molar-refractivity contribution in [2.45, 2.75) is 31.3 Å². The number of carbonyl (C=O) groups is 1.